The van der Waals surface area contributed by atoms with Gasteiger partial charge in [-0.25, -0.2) is 0 Å². The van der Waals surface area contributed by atoms with E-state index >= 15 is 0 Å². The SMILES string of the molecule is O=C(NC1CCCCCCC1)c1ccc(CNC(=O)C2CC2)cc1. The van der Waals surface area contributed by atoms with Crippen molar-refractivity contribution in [2.45, 2.75) is 70.4 Å². The molecule has 2 aliphatic rings. The van der Waals surface area contributed by atoms with E-state index in [2.05, 4.69) is 10.6 Å². The van der Waals surface area contributed by atoms with Crippen molar-refractivity contribution >= 4 is 11.8 Å². The highest BCUT2D eigenvalue weighted by molar-refractivity contribution is 5.94. The zero-order chi connectivity index (χ0) is 16.8. The Bertz CT molecular complexity index is 556. The molecule has 2 amide bonds. The van der Waals surface area contributed by atoms with Gasteiger partial charge in [0.05, 0.1) is 0 Å². The molecule has 0 aromatic heterocycles. The lowest BCUT2D eigenvalue weighted by Crippen LogP contribution is -2.35. The van der Waals surface area contributed by atoms with E-state index in [1.165, 1.54) is 32.1 Å². The van der Waals surface area contributed by atoms with Gasteiger partial charge in [-0.05, 0) is 43.4 Å². The molecule has 2 fully saturated rings. The van der Waals surface area contributed by atoms with E-state index in [4.69, 9.17) is 0 Å². The van der Waals surface area contributed by atoms with Crippen LogP contribution in [0.1, 0.15) is 73.7 Å². The summed E-state index contributed by atoms with van der Waals surface area (Å²) in [6.45, 7) is 0.542. The Morgan fingerprint density at radius 1 is 0.875 bits per heavy atom. The number of hydrogen-bond acceptors (Lipinski definition) is 2. The maximum Gasteiger partial charge on any atom is 0.251 e. The average molecular weight is 328 g/mol. The molecular formula is C20H28N2O2. The third-order valence-corrected chi connectivity index (χ3v) is 5.07. The van der Waals surface area contributed by atoms with Gasteiger partial charge in [0.25, 0.3) is 5.91 Å². The van der Waals surface area contributed by atoms with Gasteiger partial charge in [0.1, 0.15) is 0 Å². The molecular weight excluding hydrogens is 300 g/mol. The summed E-state index contributed by atoms with van der Waals surface area (Å²) >= 11 is 0. The minimum atomic E-state index is 0.0224. The predicted octanol–water partition coefficient (Wildman–Crippen LogP) is 3.56. The van der Waals surface area contributed by atoms with E-state index in [9.17, 15) is 9.59 Å². The zero-order valence-corrected chi connectivity index (χ0v) is 14.4. The van der Waals surface area contributed by atoms with Crippen molar-refractivity contribution in [3.05, 3.63) is 35.4 Å². The van der Waals surface area contributed by atoms with Crippen LogP contribution in [0.5, 0.6) is 0 Å². The van der Waals surface area contributed by atoms with Crippen molar-refractivity contribution < 1.29 is 9.59 Å². The van der Waals surface area contributed by atoms with E-state index in [1.807, 2.05) is 24.3 Å². The van der Waals surface area contributed by atoms with E-state index in [0.29, 0.717) is 18.2 Å². The third-order valence-electron chi connectivity index (χ3n) is 5.07. The van der Waals surface area contributed by atoms with Crippen LogP contribution >= 0.6 is 0 Å². The van der Waals surface area contributed by atoms with Gasteiger partial charge in [-0.3, -0.25) is 9.59 Å². The Hall–Kier alpha value is -1.84. The number of carbonyl (C=O) groups excluding carboxylic acids is 2. The summed E-state index contributed by atoms with van der Waals surface area (Å²) in [5, 5.41) is 6.14. The van der Waals surface area contributed by atoms with Crippen molar-refractivity contribution in [3.8, 4) is 0 Å². The number of hydrogen-bond donors (Lipinski definition) is 2. The molecule has 0 unspecified atom stereocenters. The van der Waals surface area contributed by atoms with Gasteiger partial charge in [0, 0.05) is 24.1 Å². The topological polar surface area (TPSA) is 58.2 Å². The van der Waals surface area contributed by atoms with E-state index < -0.39 is 0 Å². The van der Waals surface area contributed by atoms with Gasteiger partial charge in [-0.2, -0.15) is 0 Å². The highest BCUT2D eigenvalue weighted by Crippen LogP contribution is 2.28. The molecule has 0 heterocycles. The highest BCUT2D eigenvalue weighted by atomic mass is 16.2. The molecule has 0 spiro atoms. The first kappa shape index (κ1) is 17.0. The molecule has 4 nitrogen and oxygen atoms in total. The number of nitrogens with one attached hydrogen (secondary N) is 2. The summed E-state index contributed by atoms with van der Waals surface area (Å²) in [6.07, 6.45) is 10.6. The monoisotopic (exact) mass is 328 g/mol. The molecule has 2 saturated carbocycles. The van der Waals surface area contributed by atoms with E-state index in [1.54, 1.807) is 0 Å². The standard InChI is InChI=1S/C20H28N2O2/c23-19(16-12-13-16)21-14-15-8-10-17(11-9-15)20(24)22-18-6-4-2-1-3-5-7-18/h8-11,16,18H,1-7,12-14H2,(H,21,23)(H,22,24). The fourth-order valence-corrected chi connectivity index (χ4v) is 3.32. The van der Waals surface area contributed by atoms with Gasteiger partial charge in [-0.1, -0.05) is 44.2 Å². The minimum Gasteiger partial charge on any atom is -0.352 e. The molecule has 4 heteroatoms. The summed E-state index contributed by atoms with van der Waals surface area (Å²) < 4.78 is 0. The molecule has 0 atom stereocenters. The second kappa shape index (κ2) is 8.32. The molecule has 1 aromatic carbocycles. The Morgan fingerprint density at radius 3 is 2.12 bits per heavy atom. The van der Waals surface area contributed by atoms with E-state index in [-0.39, 0.29) is 17.7 Å². The Kier molecular flexibility index (Phi) is 5.89. The molecule has 24 heavy (non-hydrogen) atoms. The van der Waals surface area contributed by atoms with Crippen LogP contribution in [0.4, 0.5) is 0 Å². The van der Waals surface area contributed by atoms with Crippen molar-refractivity contribution in [1.82, 2.24) is 10.6 Å². The fourth-order valence-electron chi connectivity index (χ4n) is 3.32. The summed E-state index contributed by atoms with van der Waals surface area (Å²) in [5.74, 6) is 0.411. The number of amides is 2. The quantitative estimate of drug-likeness (QED) is 0.868. The molecule has 3 rings (SSSR count). The molecule has 130 valence electrons. The lowest BCUT2D eigenvalue weighted by molar-refractivity contribution is -0.122. The molecule has 0 bridgehead atoms. The smallest absolute Gasteiger partial charge is 0.251 e. The summed E-state index contributed by atoms with van der Waals surface area (Å²) in [7, 11) is 0. The largest absolute Gasteiger partial charge is 0.352 e. The molecule has 2 N–H and O–H groups in total. The Labute approximate surface area is 144 Å². The van der Waals surface area contributed by atoms with Gasteiger partial charge < -0.3 is 10.6 Å². The maximum atomic E-state index is 12.4. The number of carbonyl (C=O) groups is 2. The van der Waals surface area contributed by atoms with Crippen molar-refractivity contribution in [1.29, 1.82) is 0 Å². The predicted molar refractivity (Wildman–Crippen MR) is 94.6 cm³/mol. The first-order valence-electron chi connectivity index (χ1n) is 9.40. The molecule has 0 saturated heterocycles. The lowest BCUT2D eigenvalue weighted by atomic mass is 9.96. The molecule has 2 aliphatic carbocycles. The Balaban J connectivity index is 1.48. The van der Waals surface area contributed by atoms with Crippen molar-refractivity contribution in [2.75, 3.05) is 0 Å². The van der Waals surface area contributed by atoms with Crippen LogP contribution in [0.3, 0.4) is 0 Å². The number of rotatable bonds is 5. The maximum absolute atomic E-state index is 12.4. The molecule has 0 aliphatic heterocycles. The van der Waals surface area contributed by atoms with Crippen molar-refractivity contribution in [2.24, 2.45) is 5.92 Å². The second-order valence-electron chi connectivity index (χ2n) is 7.20. The van der Waals surface area contributed by atoms with Gasteiger partial charge >= 0.3 is 0 Å². The Morgan fingerprint density at radius 2 is 1.50 bits per heavy atom. The third kappa shape index (κ3) is 5.08. The normalized spacial score (nSPS) is 19.2. The molecule has 1 aromatic rings. The van der Waals surface area contributed by atoms with Gasteiger partial charge in [0.15, 0.2) is 0 Å². The average Bonchev–Trinajstić information content (AvgIpc) is 3.40. The van der Waals surface area contributed by atoms with Gasteiger partial charge in [0.2, 0.25) is 5.91 Å². The van der Waals surface area contributed by atoms with E-state index in [0.717, 1.165) is 31.2 Å². The van der Waals surface area contributed by atoms with Crippen molar-refractivity contribution in [3.63, 3.8) is 0 Å². The lowest BCUT2D eigenvalue weighted by Gasteiger charge is -2.21. The fraction of sp³-hybridized carbons (Fsp3) is 0.600. The number of benzene rings is 1. The summed E-state index contributed by atoms with van der Waals surface area (Å²) in [4.78, 5) is 24.1. The van der Waals surface area contributed by atoms with Crippen LogP contribution in [0, 0.1) is 5.92 Å². The van der Waals surface area contributed by atoms with Crippen LogP contribution in [-0.4, -0.2) is 17.9 Å². The summed E-state index contributed by atoms with van der Waals surface area (Å²) in [5.41, 5.74) is 1.74. The van der Waals surface area contributed by atoms with Crippen LogP contribution < -0.4 is 10.6 Å². The summed E-state index contributed by atoms with van der Waals surface area (Å²) in [6, 6.07) is 7.89. The van der Waals surface area contributed by atoms with Crippen LogP contribution in [0.15, 0.2) is 24.3 Å². The van der Waals surface area contributed by atoms with Crippen LogP contribution in [0.2, 0.25) is 0 Å². The minimum absolute atomic E-state index is 0.0224. The highest BCUT2D eigenvalue weighted by Gasteiger charge is 2.29. The first-order chi connectivity index (χ1) is 11.7. The van der Waals surface area contributed by atoms with Crippen LogP contribution in [0.25, 0.3) is 0 Å². The molecule has 0 radical (unpaired) electrons. The van der Waals surface area contributed by atoms with Gasteiger partial charge in [-0.15, -0.1) is 0 Å². The first-order valence-corrected chi connectivity index (χ1v) is 9.40. The second-order valence-corrected chi connectivity index (χ2v) is 7.20. The van der Waals surface area contributed by atoms with Crippen LogP contribution in [-0.2, 0) is 11.3 Å². The zero-order valence-electron chi connectivity index (χ0n) is 14.4.